The third kappa shape index (κ3) is 3.11. The van der Waals surface area contributed by atoms with E-state index >= 15 is 0 Å². The van der Waals surface area contributed by atoms with Crippen molar-refractivity contribution in [2.45, 2.75) is 13.8 Å². The summed E-state index contributed by atoms with van der Waals surface area (Å²) in [5.74, 6) is -1.40. The minimum atomic E-state index is -1.10. The molecule has 1 amide bonds. The molecule has 0 fully saturated rings. The monoisotopic (exact) mass is 283 g/mol. The third-order valence-corrected chi connectivity index (χ3v) is 3.26. The van der Waals surface area contributed by atoms with Crippen LogP contribution < -0.4 is 4.90 Å². The van der Waals surface area contributed by atoms with E-state index in [0.29, 0.717) is 6.54 Å². The van der Waals surface area contributed by atoms with Crippen molar-refractivity contribution in [2.24, 2.45) is 0 Å². The predicted molar refractivity (Wildman–Crippen MR) is 81.9 cm³/mol. The largest absolute Gasteiger partial charge is 0.478 e. The maximum Gasteiger partial charge on any atom is 0.336 e. The van der Waals surface area contributed by atoms with E-state index in [1.54, 1.807) is 23.1 Å². The highest BCUT2D eigenvalue weighted by Crippen LogP contribution is 2.20. The Morgan fingerprint density at radius 3 is 2.29 bits per heavy atom. The normalized spacial score (nSPS) is 10.2. The molecule has 0 bridgehead atoms. The van der Waals surface area contributed by atoms with Crippen LogP contribution in [0.1, 0.15) is 33.2 Å². The summed E-state index contributed by atoms with van der Waals surface area (Å²) in [5, 5.41) is 9.21. The molecule has 0 aromatic heterocycles. The number of carbonyl (C=O) groups excluding carboxylic acids is 1. The Kier molecular flexibility index (Phi) is 4.38. The molecule has 0 unspecified atom stereocenters. The van der Waals surface area contributed by atoms with Crippen LogP contribution in [0.4, 0.5) is 5.69 Å². The Morgan fingerprint density at radius 2 is 1.71 bits per heavy atom. The van der Waals surface area contributed by atoms with Gasteiger partial charge in [0.1, 0.15) is 0 Å². The van der Waals surface area contributed by atoms with Gasteiger partial charge < -0.3 is 10.0 Å². The molecule has 108 valence electrons. The Morgan fingerprint density at radius 1 is 1.05 bits per heavy atom. The van der Waals surface area contributed by atoms with Gasteiger partial charge in [0.25, 0.3) is 5.91 Å². The summed E-state index contributed by atoms with van der Waals surface area (Å²) >= 11 is 0. The number of nitrogens with zero attached hydrogens (tertiary/aromatic N) is 1. The fourth-order valence-corrected chi connectivity index (χ4v) is 2.24. The van der Waals surface area contributed by atoms with Gasteiger partial charge >= 0.3 is 5.97 Å². The lowest BCUT2D eigenvalue weighted by molar-refractivity contribution is 0.0692. The molecule has 0 aliphatic rings. The van der Waals surface area contributed by atoms with Crippen LogP contribution in [0.3, 0.4) is 0 Å². The standard InChI is InChI=1S/C17H17NO3/c1-3-18(13-8-6-7-12(2)11-13)16(19)14-9-4-5-10-15(14)17(20)21/h4-11H,3H2,1-2H3,(H,20,21). The molecule has 0 saturated heterocycles. The second kappa shape index (κ2) is 6.22. The van der Waals surface area contributed by atoms with Crippen LogP contribution in [0.2, 0.25) is 0 Å². The molecule has 0 heterocycles. The first-order valence-corrected chi connectivity index (χ1v) is 6.75. The number of rotatable bonds is 4. The van der Waals surface area contributed by atoms with Gasteiger partial charge in [0.2, 0.25) is 0 Å². The van der Waals surface area contributed by atoms with Gasteiger partial charge in [0.15, 0.2) is 0 Å². The second-order valence-corrected chi connectivity index (χ2v) is 4.74. The van der Waals surface area contributed by atoms with Crippen molar-refractivity contribution in [1.82, 2.24) is 0 Å². The highest BCUT2D eigenvalue weighted by atomic mass is 16.4. The molecule has 0 saturated carbocycles. The number of carbonyl (C=O) groups is 2. The van der Waals surface area contributed by atoms with E-state index in [-0.39, 0.29) is 17.0 Å². The van der Waals surface area contributed by atoms with Crippen LogP contribution in [-0.4, -0.2) is 23.5 Å². The first-order valence-electron chi connectivity index (χ1n) is 6.75. The van der Waals surface area contributed by atoms with E-state index in [1.807, 2.05) is 38.1 Å². The number of hydrogen-bond donors (Lipinski definition) is 1. The van der Waals surface area contributed by atoms with Crippen LogP contribution >= 0.6 is 0 Å². The van der Waals surface area contributed by atoms with E-state index in [0.717, 1.165) is 11.3 Å². The summed E-state index contributed by atoms with van der Waals surface area (Å²) in [6.45, 7) is 4.28. The fraction of sp³-hybridized carbons (Fsp3) is 0.176. The van der Waals surface area contributed by atoms with Gasteiger partial charge in [0, 0.05) is 12.2 Å². The molecule has 2 rings (SSSR count). The average molecular weight is 283 g/mol. The number of carboxylic acid groups (broad SMARTS) is 1. The summed E-state index contributed by atoms with van der Waals surface area (Å²) in [6, 6.07) is 13.9. The van der Waals surface area contributed by atoms with Gasteiger partial charge in [-0.2, -0.15) is 0 Å². The Hall–Kier alpha value is -2.62. The average Bonchev–Trinajstić information content (AvgIpc) is 2.48. The zero-order valence-corrected chi connectivity index (χ0v) is 12.0. The molecular weight excluding hydrogens is 266 g/mol. The minimum Gasteiger partial charge on any atom is -0.478 e. The molecule has 21 heavy (non-hydrogen) atoms. The zero-order chi connectivity index (χ0) is 15.4. The quantitative estimate of drug-likeness (QED) is 0.936. The van der Waals surface area contributed by atoms with Crippen molar-refractivity contribution >= 4 is 17.6 Å². The van der Waals surface area contributed by atoms with E-state index < -0.39 is 5.97 Å². The van der Waals surface area contributed by atoms with Gasteiger partial charge in [-0.15, -0.1) is 0 Å². The third-order valence-electron chi connectivity index (χ3n) is 3.26. The maximum atomic E-state index is 12.7. The molecule has 2 aromatic rings. The lowest BCUT2D eigenvalue weighted by atomic mass is 10.1. The number of anilines is 1. The molecule has 0 aliphatic carbocycles. The zero-order valence-electron chi connectivity index (χ0n) is 12.0. The molecule has 0 atom stereocenters. The molecule has 1 N–H and O–H groups in total. The number of hydrogen-bond acceptors (Lipinski definition) is 2. The fourth-order valence-electron chi connectivity index (χ4n) is 2.24. The molecule has 0 spiro atoms. The molecule has 0 radical (unpaired) electrons. The smallest absolute Gasteiger partial charge is 0.336 e. The first kappa shape index (κ1) is 14.8. The van der Waals surface area contributed by atoms with Gasteiger partial charge in [-0.05, 0) is 43.7 Å². The molecule has 0 aliphatic heterocycles. The van der Waals surface area contributed by atoms with Crippen molar-refractivity contribution in [1.29, 1.82) is 0 Å². The van der Waals surface area contributed by atoms with Crippen molar-refractivity contribution in [3.8, 4) is 0 Å². The number of benzene rings is 2. The molecule has 4 heteroatoms. The molecule has 4 nitrogen and oxygen atoms in total. The first-order chi connectivity index (χ1) is 10.0. The highest BCUT2D eigenvalue weighted by molar-refractivity contribution is 6.11. The van der Waals surface area contributed by atoms with Crippen LogP contribution in [0.5, 0.6) is 0 Å². The number of carboxylic acids is 1. The Labute approximate surface area is 123 Å². The Bertz CT molecular complexity index is 679. The van der Waals surface area contributed by atoms with Crippen molar-refractivity contribution in [3.63, 3.8) is 0 Å². The number of aryl methyl sites for hydroxylation is 1. The Balaban J connectivity index is 2.44. The van der Waals surface area contributed by atoms with Crippen molar-refractivity contribution < 1.29 is 14.7 Å². The van der Waals surface area contributed by atoms with E-state index in [1.165, 1.54) is 6.07 Å². The molecular formula is C17H17NO3. The number of aromatic carboxylic acids is 1. The van der Waals surface area contributed by atoms with Gasteiger partial charge in [-0.25, -0.2) is 4.79 Å². The second-order valence-electron chi connectivity index (χ2n) is 4.74. The van der Waals surface area contributed by atoms with Crippen LogP contribution in [0, 0.1) is 6.92 Å². The van der Waals surface area contributed by atoms with Crippen LogP contribution in [-0.2, 0) is 0 Å². The predicted octanol–water partition coefficient (Wildman–Crippen LogP) is 3.36. The number of amides is 1. The lowest BCUT2D eigenvalue weighted by Gasteiger charge is -2.22. The van der Waals surface area contributed by atoms with Gasteiger partial charge in [-0.3, -0.25) is 4.79 Å². The van der Waals surface area contributed by atoms with Crippen molar-refractivity contribution in [2.75, 3.05) is 11.4 Å². The van der Waals surface area contributed by atoms with Crippen molar-refractivity contribution in [3.05, 3.63) is 65.2 Å². The minimum absolute atomic E-state index is 0.0219. The van der Waals surface area contributed by atoms with E-state index in [2.05, 4.69) is 0 Å². The topological polar surface area (TPSA) is 57.6 Å². The van der Waals surface area contributed by atoms with Gasteiger partial charge in [0.05, 0.1) is 11.1 Å². The maximum absolute atomic E-state index is 12.7. The highest BCUT2D eigenvalue weighted by Gasteiger charge is 2.21. The van der Waals surface area contributed by atoms with E-state index in [4.69, 9.17) is 0 Å². The SMILES string of the molecule is CCN(C(=O)c1ccccc1C(=O)O)c1cccc(C)c1. The van der Waals surface area contributed by atoms with Crippen LogP contribution in [0.25, 0.3) is 0 Å². The summed E-state index contributed by atoms with van der Waals surface area (Å²) in [7, 11) is 0. The summed E-state index contributed by atoms with van der Waals surface area (Å²) in [4.78, 5) is 25.5. The summed E-state index contributed by atoms with van der Waals surface area (Å²) in [5.41, 5.74) is 2.04. The van der Waals surface area contributed by atoms with Gasteiger partial charge in [-0.1, -0.05) is 24.3 Å². The van der Waals surface area contributed by atoms with Crippen LogP contribution in [0.15, 0.2) is 48.5 Å². The molecule has 2 aromatic carbocycles. The lowest BCUT2D eigenvalue weighted by Crippen LogP contribution is -2.31. The summed E-state index contributed by atoms with van der Waals surface area (Å²) < 4.78 is 0. The van der Waals surface area contributed by atoms with E-state index in [9.17, 15) is 14.7 Å². The summed E-state index contributed by atoms with van der Waals surface area (Å²) in [6.07, 6.45) is 0.